The molecule has 2 N–H and O–H groups in total. The molecule has 4 nitrogen and oxygen atoms in total. The normalized spacial score (nSPS) is 22.3. The van der Waals surface area contributed by atoms with Gasteiger partial charge in [-0.05, 0) is 48.8 Å². The van der Waals surface area contributed by atoms with Crippen molar-refractivity contribution in [2.24, 2.45) is 11.8 Å². The molecule has 0 aliphatic heterocycles. The fourth-order valence-electron chi connectivity index (χ4n) is 2.96. The van der Waals surface area contributed by atoms with Gasteiger partial charge in [-0.2, -0.15) is 0 Å². The number of hydrogen-bond donors (Lipinski definition) is 2. The molecule has 4 heteroatoms. The lowest BCUT2D eigenvalue weighted by molar-refractivity contribution is -0.138. The molecule has 0 radical (unpaired) electrons. The summed E-state index contributed by atoms with van der Waals surface area (Å²) in [5.41, 5.74) is 1.38. The Balaban J connectivity index is 1.99. The van der Waals surface area contributed by atoms with Gasteiger partial charge in [0.25, 0.3) is 0 Å². The number of hydrogen-bond acceptors (Lipinski definition) is 2. The highest BCUT2D eigenvalue weighted by atomic mass is 16.4. The quantitative estimate of drug-likeness (QED) is 0.855. The van der Waals surface area contributed by atoms with Crippen LogP contribution in [0.4, 0.5) is 0 Å². The van der Waals surface area contributed by atoms with Gasteiger partial charge in [0, 0.05) is 6.42 Å². The summed E-state index contributed by atoms with van der Waals surface area (Å²) in [7, 11) is 0. The molecule has 0 amide bonds. The third-order valence-corrected chi connectivity index (χ3v) is 3.95. The second kappa shape index (κ2) is 5.87. The van der Waals surface area contributed by atoms with Gasteiger partial charge >= 0.3 is 11.9 Å². The standard InChI is InChI=1S/C15H18O4/c16-14(17)9-13-3-1-2-12(13)8-10-4-6-11(7-5-10)15(18)19/h4-7,12-13H,1-3,8-9H2,(H,16,17)(H,18,19)/t12-,13-/m0/s1. The smallest absolute Gasteiger partial charge is 0.335 e. The van der Waals surface area contributed by atoms with Crippen LogP contribution in [0.5, 0.6) is 0 Å². The highest BCUT2D eigenvalue weighted by molar-refractivity contribution is 5.87. The Labute approximate surface area is 112 Å². The van der Waals surface area contributed by atoms with Crippen LogP contribution < -0.4 is 0 Å². The molecular weight excluding hydrogens is 244 g/mol. The first-order chi connectivity index (χ1) is 9.06. The summed E-state index contributed by atoms with van der Waals surface area (Å²) in [6, 6.07) is 6.89. The van der Waals surface area contributed by atoms with Gasteiger partial charge in [-0.3, -0.25) is 4.79 Å². The van der Waals surface area contributed by atoms with Gasteiger partial charge in [-0.25, -0.2) is 4.79 Å². The van der Waals surface area contributed by atoms with E-state index < -0.39 is 11.9 Å². The highest BCUT2D eigenvalue weighted by Gasteiger charge is 2.28. The van der Waals surface area contributed by atoms with E-state index in [1.165, 1.54) is 0 Å². The number of carbonyl (C=O) groups is 2. The van der Waals surface area contributed by atoms with Crippen molar-refractivity contribution in [2.45, 2.75) is 32.1 Å². The summed E-state index contributed by atoms with van der Waals surface area (Å²) in [4.78, 5) is 21.6. The third kappa shape index (κ3) is 3.56. The SMILES string of the molecule is O=C(O)C[C@@H]1CCC[C@H]1Cc1ccc(C(=O)O)cc1. The predicted molar refractivity (Wildman–Crippen MR) is 70.2 cm³/mol. The maximum Gasteiger partial charge on any atom is 0.335 e. The average molecular weight is 262 g/mol. The average Bonchev–Trinajstić information content (AvgIpc) is 2.76. The van der Waals surface area contributed by atoms with Crippen LogP contribution in [-0.4, -0.2) is 22.2 Å². The van der Waals surface area contributed by atoms with Gasteiger partial charge in [0.1, 0.15) is 0 Å². The van der Waals surface area contributed by atoms with E-state index in [-0.39, 0.29) is 17.9 Å². The van der Waals surface area contributed by atoms with Crippen molar-refractivity contribution in [3.8, 4) is 0 Å². The molecule has 1 saturated carbocycles. The van der Waals surface area contributed by atoms with Crippen LogP contribution in [0, 0.1) is 11.8 Å². The molecule has 102 valence electrons. The molecule has 0 spiro atoms. The molecule has 1 fully saturated rings. The summed E-state index contributed by atoms with van der Waals surface area (Å²) in [5.74, 6) is -0.974. The van der Waals surface area contributed by atoms with Crippen LogP contribution in [0.2, 0.25) is 0 Å². The minimum absolute atomic E-state index is 0.248. The van der Waals surface area contributed by atoms with Gasteiger partial charge in [-0.1, -0.05) is 18.6 Å². The molecule has 2 rings (SSSR count). The number of carboxylic acids is 2. The number of rotatable bonds is 5. The molecule has 0 unspecified atom stereocenters. The van der Waals surface area contributed by atoms with E-state index in [1.807, 2.05) is 12.1 Å². The van der Waals surface area contributed by atoms with E-state index in [1.54, 1.807) is 12.1 Å². The Bertz CT molecular complexity index is 464. The van der Waals surface area contributed by atoms with Gasteiger partial charge in [0.05, 0.1) is 5.56 Å². The van der Waals surface area contributed by atoms with Crippen LogP contribution in [-0.2, 0) is 11.2 Å². The Morgan fingerprint density at radius 2 is 1.68 bits per heavy atom. The van der Waals surface area contributed by atoms with Crippen molar-refractivity contribution < 1.29 is 19.8 Å². The Kier molecular flexibility index (Phi) is 4.20. The molecule has 1 aliphatic rings. The number of benzene rings is 1. The van der Waals surface area contributed by atoms with Crippen LogP contribution in [0.15, 0.2) is 24.3 Å². The number of aliphatic carboxylic acids is 1. The lowest BCUT2D eigenvalue weighted by Crippen LogP contribution is -2.15. The molecular formula is C15H18O4. The second-order valence-corrected chi connectivity index (χ2v) is 5.26. The fraction of sp³-hybridized carbons (Fsp3) is 0.467. The van der Waals surface area contributed by atoms with Crippen LogP contribution in [0.25, 0.3) is 0 Å². The predicted octanol–water partition coefficient (Wildman–Crippen LogP) is 2.82. The minimum Gasteiger partial charge on any atom is -0.481 e. The third-order valence-electron chi connectivity index (χ3n) is 3.95. The van der Waals surface area contributed by atoms with Crippen molar-refractivity contribution in [2.75, 3.05) is 0 Å². The number of aromatic carboxylic acids is 1. The van der Waals surface area contributed by atoms with Crippen LogP contribution in [0.3, 0.4) is 0 Å². The van der Waals surface area contributed by atoms with E-state index >= 15 is 0 Å². The van der Waals surface area contributed by atoms with Crippen molar-refractivity contribution in [3.05, 3.63) is 35.4 Å². The monoisotopic (exact) mass is 262 g/mol. The summed E-state index contributed by atoms with van der Waals surface area (Å²) >= 11 is 0. The Hall–Kier alpha value is -1.84. The van der Waals surface area contributed by atoms with Gasteiger partial charge in [-0.15, -0.1) is 0 Å². The van der Waals surface area contributed by atoms with Gasteiger partial charge < -0.3 is 10.2 Å². The second-order valence-electron chi connectivity index (χ2n) is 5.26. The lowest BCUT2D eigenvalue weighted by atomic mass is 9.87. The van der Waals surface area contributed by atoms with E-state index in [9.17, 15) is 9.59 Å². The molecule has 0 heterocycles. The molecule has 0 aromatic heterocycles. The fourth-order valence-corrected chi connectivity index (χ4v) is 2.96. The van der Waals surface area contributed by atoms with Crippen molar-refractivity contribution in [1.29, 1.82) is 0 Å². The zero-order valence-electron chi connectivity index (χ0n) is 10.7. The van der Waals surface area contributed by atoms with Gasteiger partial charge in [0.2, 0.25) is 0 Å². The summed E-state index contributed by atoms with van der Waals surface area (Å²) in [6.45, 7) is 0. The molecule has 19 heavy (non-hydrogen) atoms. The molecule has 1 aromatic carbocycles. The molecule has 1 aliphatic carbocycles. The van der Waals surface area contributed by atoms with E-state index in [0.717, 1.165) is 31.2 Å². The van der Waals surface area contributed by atoms with Crippen LogP contribution in [0.1, 0.15) is 41.6 Å². The first-order valence-electron chi connectivity index (χ1n) is 6.60. The molecule has 2 atom stereocenters. The molecule has 1 aromatic rings. The van der Waals surface area contributed by atoms with E-state index in [2.05, 4.69) is 0 Å². The zero-order chi connectivity index (χ0) is 13.8. The Morgan fingerprint density at radius 3 is 2.26 bits per heavy atom. The van der Waals surface area contributed by atoms with Crippen LogP contribution >= 0.6 is 0 Å². The highest BCUT2D eigenvalue weighted by Crippen LogP contribution is 2.36. The first kappa shape index (κ1) is 13.6. The zero-order valence-corrected chi connectivity index (χ0v) is 10.7. The first-order valence-corrected chi connectivity index (χ1v) is 6.60. The molecule has 0 saturated heterocycles. The summed E-state index contributed by atoms with van der Waals surface area (Å²) in [5, 5.41) is 17.7. The van der Waals surface area contributed by atoms with Gasteiger partial charge in [0.15, 0.2) is 0 Å². The topological polar surface area (TPSA) is 74.6 Å². The number of carboxylic acid groups (broad SMARTS) is 2. The van der Waals surface area contributed by atoms with E-state index in [0.29, 0.717) is 5.92 Å². The summed E-state index contributed by atoms with van der Waals surface area (Å²) < 4.78 is 0. The van der Waals surface area contributed by atoms with Crippen molar-refractivity contribution in [1.82, 2.24) is 0 Å². The molecule has 0 bridgehead atoms. The maximum atomic E-state index is 10.8. The van der Waals surface area contributed by atoms with Crippen molar-refractivity contribution in [3.63, 3.8) is 0 Å². The van der Waals surface area contributed by atoms with Crippen molar-refractivity contribution >= 4 is 11.9 Å². The summed E-state index contributed by atoms with van der Waals surface area (Å²) in [6.07, 6.45) is 4.24. The minimum atomic E-state index is -0.920. The Morgan fingerprint density at radius 1 is 1.05 bits per heavy atom. The largest absolute Gasteiger partial charge is 0.481 e. The maximum absolute atomic E-state index is 10.8. The van der Waals surface area contributed by atoms with E-state index in [4.69, 9.17) is 10.2 Å². The lowest BCUT2D eigenvalue weighted by Gasteiger charge is -2.17.